The van der Waals surface area contributed by atoms with E-state index < -0.39 is 0 Å². The average Bonchev–Trinajstić information content (AvgIpc) is 2.53. The summed E-state index contributed by atoms with van der Waals surface area (Å²) in [7, 11) is 1.93. The minimum atomic E-state index is 0.151. The average molecular weight is 284 g/mol. The maximum absolute atomic E-state index is 11.4. The lowest BCUT2D eigenvalue weighted by Crippen LogP contribution is -2.48. The molecule has 1 aromatic heterocycles. The number of hydrogen-bond donors (Lipinski definition) is 1. The monoisotopic (exact) mass is 284 g/mol. The van der Waals surface area contributed by atoms with Crippen LogP contribution in [-0.4, -0.2) is 49.0 Å². The Hall–Kier alpha value is -2.30. The van der Waals surface area contributed by atoms with Gasteiger partial charge in [-0.3, -0.25) is 4.79 Å². The SMILES string of the molecule is CNc1cccc2c(N3CCN(C(C)=O)CC3)nccc12. The summed E-state index contributed by atoms with van der Waals surface area (Å²) in [5.41, 5.74) is 1.11. The molecule has 0 bridgehead atoms. The lowest BCUT2D eigenvalue weighted by molar-refractivity contribution is -0.129. The normalized spacial score (nSPS) is 15.3. The van der Waals surface area contributed by atoms with Crippen molar-refractivity contribution in [2.75, 3.05) is 43.4 Å². The van der Waals surface area contributed by atoms with E-state index in [0.717, 1.165) is 43.1 Å². The fourth-order valence-corrected chi connectivity index (χ4v) is 2.89. The van der Waals surface area contributed by atoms with E-state index in [1.807, 2.05) is 30.3 Å². The second-order valence-electron chi connectivity index (χ2n) is 5.28. The van der Waals surface area contributed by atoms with Crippen LogP contribution in [0.15, 0.2) is 30.5 Å². The molecule has 5 nitrogen and oxygen atoms in total. The number of piperazine rings is 1. The maximum Gasteiger partial charge on any atom is 0.219 e. The highest BCUT2D eigenvalue weighted by Gasteiger charge is 2.21. The predicted molar refractivity (Wildman–Crippen MR) is 85.8 cm³/mol. The third kappa shape index (κ3) is 2.51. The van der Waals surface area contributed by atoms with Crippen LogP contribution in [0.1, 0.15) is 6.92 Å². The van der Waals surface area contributed by atoms with Crippen LogP contribution < -0.4 is 10.2 Å². The number of nitrogens with one attached hydrogen (secondary N) is 1. The Morgan fingerprint density at radius 3 is 2.57 bits per heavy atom. The van der Waals surface area contributed by atoms with E-state index in [4.69, 9.17) is 0 Å². The van der Waals surface area contributed by atoms with Gasteiger partial charge in [-0.05, 0) is 12.1 Å². The summed E-state index contributed by atoms with van der Waals surface area (Å²) in [4.78, 5) is 20.1. The van der Waals surface area contributed by atoms with Gasteiger partial charge in [0.2, 0.25) is 5.91 Å². The Morgan fingerprint density at radius 1 is 1.14 bits per heavy atom. The van der Waals surface area contributed by atoms with Gasteiger partial charge in [0.05, 0.1) is 0 Å². The molecule has 21 heavy (non-hydrogen) atoms. The van der Waals surface area contributed by atoms with Crippen LogP contribution in [0.4, 0.5) is 11.5 Å². The van der Waals surface area contributed by atoms with Crippen molar-refractivity contribution in [1.29, 1.82) is 0 Å². The Morgan fingerprint density at radius 2 is 1.90 bits per heavy atom. The molecule has 0 aliphatic carbocycles. The van der Waals surface area contributed by atoms with Crippen LogP contribution in [0.5, 0.6) is 0 Å². The number of anilines is 2. The minimum absolute atomic E-state index is 0.151. The molecule has 1 aromatic carbocycles. The molecule has 0 saturated carbocycles. The Kier molecular flexibility index (Phi) is 3.64. The summed E-state index contributed by atoms with van der Waals surface area (Å²) in [5.74, 6) is 1.16. The van der Waals surface area contributed by atoms with E-state index in [1.165, 1.54) is 5.39 Å². The van der Waals surface area contributed by atoms with Gasteiger partial charge in [0, 0.05) is 62.8 Å². The fourth-order valence-electron chi connectivity index (χ4n) is 2.89. The zero-order chi connectivity index (χ0) is 14.8. The van der Waals surface area contributed by atoms with Crippen molar-refractivity contribution in [2.45, 2.75) is 6.92 Å². The largest absolute Gasteiger partial charge is 0.388 e. The standard InChI is InChI=1S/C16H20N4O/c1-12(21)19-8-10-20(11-9-19)16-14-4-3-5-15(17-2)13(14)6-7-18-16/h3-7,17H,8-11H2,1-2H3. The molecule has 2 aromatic rings. The van der Waals surface area contributed by atoms with Gasteiger partial charge in [0.25, 0.3) is 0 Å². The molecular weight excluding hydrogens is 264 g/mol. The number of carbonyl (C=O) groups excluding carboxylic acids is 1. The van der Waals surface area contributed by atoms with E-state index in [-0.39, 0.29) is 5.91 Å². The molecule has 1 saturated heterocycles. The fraction of sp³-hybridized carbons (Fsp3) is 0.375. The summed E-state index contributed by atoms with van der Waals surface area (Å²) in [6, 6.07) is 8.26. The highest BCUT2D eigenvalue weighted by Crippen LogP contribution is 2.29. The molecule has 1 aliphatic heterocycles. The first kappa shape index (κ1) is 13.7. The van der Waals surface area contributed by atoms with Gasteiger partial charge >= 0.3 is 0 Å². The summed E-state index contributed by atoms with van der Waals surface area (Å²) in [6.45, 7) is 4.81. The van der Waals surface area contributed by atoms with Crippen LogP contribution >= 0.6 is 0 Å². The zero-order valence-corrected chi connectivity index (χ0v) is 12.5. The number of benzene rings is 1. The summed E-state index contributed by atoms with van der Waals surface area (Å²) in [6.07, 6.45) is 1.86. The number of fused-ring (bicyclic) bond motifs is 1. The molecule has 1 amide bonds. The van der Waals surface area contributed by atoms with E-state index in [1.54, 1.807) is 6.92 Å². The Balaban J connectivity index is 1.93. The van der Waals surface area contributed by atoms with Gasteiger partial charge < -0.3 is 15.1 Å². The second kappa shape index (κ2) is 5.60. The number of nitrogens with zero attached hydrogens (tertiary/aromatic N) is 3. The quantitative estimate of drug-likeness (QED) is 0.915. The van der Waals surface area contributed by atoms with Gasteiger partial charge in [0.1, 0.15) is 5.82 Å². The molecule has 110 valence electrons. The minimum Gasteiger partial charge on any atom is -0.388 e. The number of carbonyl (C=O) groups is 1. The number of hydrogen-bond acceptors (Lipinski definition) is 4. The molecule has 0 radical (unpaired) electrons. The summed E-state index contributed by atoms with van der Waals surface area (Å²) >= 11 is 0. The van der Waals surface area contributed by atoms with Crippen molar-refractivity contribution >= 4 is 28.2 Å². The molecule has 3 rings (SSSR count). The van der Waals surface area contributed by atoms with Gasteiger partial charge in [0.15, 0.2) is 0 Å². The van der Waals surface area contributed by atoms with Crippen LogP contribution in [-0.2, 0) is 4.79 Å². The molecule has 1 aliphatic rings. The van der Waals surface area contributed by atoms with Crippen molar-refractivity contribution in [3.05, 3.63) is 30.5 Å². The molecule has 0 atom stereocenters. The maximum atomic E-state index is 11.4. The predicted octanol–water partition coefficient (Wildman–Crippen LogP) is 1.94. The third-order valence-electron chi connectivity index (χ3n) is 4.08. The third-order valence-corrected chi connectivity index (χ3v) is 4.08. The molecule has 0 unspecified atom stereocenters. The molecule has 0 spiro atoms. The van der Waals surface area contributed by atoms with Crippen LogP contribution in [0, 0.1) is 0 Å². The first-order valence-electron chi connectivity index (χ1n) is 7.26. The van der Waals surface area contributed by atoms with Gasteiger partial charge in [-0.1, -0.05) is 12.1 Å². The van der Waals surface area contributed by atoms with Gasteiger partial charge in [-0.15, -0.1) is 0 Å². The number of amides is 1. The van der Waals surface area contributed by atoms with Crippen molar-refractivity contribution in [2.24, 2.45) is 0 Å². The first-order valence-corrected chi connectivity index (χ1v) is 7.26. The van der Waals surface area contributed by atoms with E-state index in [0.29, 0.717) is 0 Å². The molecule has 5 heteroatoms. The van der Waals surface area contributed by atoms with Crippen molar-refractivity contribution < 1.29 is 4.79 Å². The highest BCUT2D eigenvalue weighted by atomic mass is 16.2. The van der Waals surface area contributed by atoms with E-state index in [9.17, 15) is 4.79 Å². The Bertz CT molecular complexity index is 662. The molecule has 1 fully saturated rings. The topological polar surface area (TPSA) is 48.5 Å². The van der Waals surface area contributed by atoms with Crippen LogP contribution in [0.3, 0.4) is 0 Å². The van der Waals surface area contributed by atoms with Gasteiger partial charge in [-0.25, -0.2) is 4.98 Å². The Labute approximate surface area is 124 Å². The van der Waals surface area contributed by atoms with Crippen molar-refractivity contribution in [3.63, 3.8) is 0 Å². The number of rotatable bonds is 2. The van der Waals surface area contributed by atoms with Crippen LogP contribution in [0.25, 0.3) is 10.8 Å². The lowest BCUT2D eigenvalue weighted by atomic mass is 10.1. The highest BCUT2D eigenvalue weighted by molar-refractivity contribution is 6.00. The molecule has 1 N–H and O–H groups in total. The van der Waals surface area contributed by atoms with Crippen molar-refractivity contribution in [1.82, 2.24) is 9.88 Å². The second-order valence-corrected chi connectivity index (χ2v) is 5.28. The van der Waals surface area contributed by atoms with Gasteiger partial charge in [-0.2, -0.15) is 0 Å². The summed E-state index contributed by atoms with van der Waals surface area (Å²) in [5, 5.41) is 5.56. The van der Waals surface area contributed by atoms with E-state index >= 15 is 0 Å². The number of aromatic nitrogens is 1. The first-order chi connectivity index (χ1) is 10.2. The van der Waals surface area contributed by atoms with Crippen LogP contribution in [0.2, 0.25) is 0 Å². The zero-order valence-electron chi connectivity index (χ0n) is 12.5. The van der Waals surface area contributed by atoms with E-state index in [2.05, 4.69) is 27.3 Å². The lowest BCUT2D eigenvalue weighted by Gasteiger charge is -2.35. The molecule has 2 heterocycles. The van der Waals surface area contributed by atoms with Crippen molar-refractivity contribution in [3.8, 4) is 0 Å². The summed E-state index contributed by atoms with van der Waals surface area (Å²) < 4.78 is 0. The smallest absolute Gasteiger partial charge is 0.219 e. The number of pyridine rings is 1. The molecular formula is C16H20N4O.